The molecule has 1 N–H and O–H groups in total. The van der Waals surface area contributed by atoms with Crippen molar-refractivity contribution in [3.8, 4) is 11.5 Å². The van der Waals surface area contributed by atoms with Crippen LogP contribution in [0.2, 0.25) is 20.1 Å². The van der Waals surface area contributed by atoms with Crippen LogP contribution in [0.4, 0.5) is 5.69 Å². The zero-order chi connectivity index (χ0) is 18.8. The Morgan fingerprint density at radius 1 is 0.962 bits per heavy atom. The standard InChI is InChI=1S/C16H9Cl4NO5/c17-8-3-10(19)12(4-9(8)18)21-14(22)5-24-16(23)7-1-11(20)15-13(2-7)25-6-26-15/h1-4H,5-6H2,(H,21,22). The molecule has 2 aromatic rings. The van der Waals surface area contributed by atoms with E-state index in [-0.39, 0.29) is 38.1 Å². The minimum absolute atomic E-state index is 0.0143. The summed E-state index contributed by atoms with van der Waals surface area (Å²) >= 11 is 23.7. The highest BCUT2D eigenvalue weighted by Gasteiger charge is 2.22. The maximum absolute atomic E-state index is 12.1. The topological polar surface area (TPSA) is 73.9 Å². The van der Waals surface area contributed by atoms with E-state index in [0.717, 1.165) is 0 Å². The summed E-state index contributed by atoms with van der Waals surface area (Å²) in [6.45, 7) is -0.526. The number of carbonyl (C=O) groups is 2. The van der Waals surface area contributed by atoms with Gasteiger partial charge in [-0.05, 0) is 24.3 Å². The first-order chi connectivity index (χ1) is 12.3. The molecule has 0 unspecified atom stereocenters. The van der Waals surface area contributed by atoms with Gasteiger partial charge in [-0.25, -0.2) is 4.79 Å². The van der Waals surface area contributed by atoms with Crippen LogP contribution in [0, 0.1) is 0 Å². The van der Waals surface area contributed by atoms with E-state index in [9.17, 15) is 9.59 Å². The average Bonchev–Trinajstić information content (AvgIpc) is 3.06. The van der Waals surface area contributed by atoms with Gasteiger partial charge in [-0.15, -0.1) is 0 Å². The molecule has 10 heteroatoms. The zero-order valence-electron chi connectivity index (χ0n) is 12.8. The fourth-order valence-corrected chi connectivity index (χ4v) is 2.96. The van der Waals surface area contributed by atoms with Crippen LogP contribution in [0.3, 0.4) is 0 Å². The van der Waals surface area contributed by atoms with Crippen molar-refractivity contribution >= 4 is 64.0 Å². The van der Waals surface area contributed by atoms with Crippen LogP contribution in [-0.4, -0.2) is 25.3 Å². The average molecular weight is 437 g/mol. The Morgan fingerprint density at radius 3 is 2.46 bits per heavy atom. The van der Waals surface area contributed by atoms with Gasteiger partial charge < -0.3 is 19.5 Å². The molecule has 3 rings (SSSR count). The molecule has 0 atom stereocenters. The normalized spacial score (nSPS) is 12.0. The first kappa shape index (κ1) is 18.9. The molecule has 136 valence electrons. The summed E-state index contributed by atoms with van der Waals surface area (Å²) in [7, 11) is 0. The van der Waals surface area contributed by atoms with Crippen molar-refractivity contribution in [2.24, 2.45) is 0 Å². The smallest absolute Gasteiger partial charge is 0.338 e. The molecule has 1 aliphatic rings. The Morgan fingerprint density at radius 2 is 1.69 bits per heavy atom. The molecule has 0 aliphatic carbocycles. The molecule has 0 spiro atoms. The highest BCUT2D eigenvalue weighted by atomic mass is 35.5. The van der Waals surface area contributed by atoms with Gasteiger partial charge in [0.25, 0.3) is 5.91 Å². The second-order valence-electron chi connectivity index (χ2n) is 5.06. The van der Waals surface area contributed by atoms with Crippen LogP contribution < -0.4 is 14.8 Å². The van der Waals surface area contributed by atoms with Crippen LogP contribution in [-0.2, 0) is 9.53 Å². The third-order valence-corrected chi connectivity index (χ3v) is 4.60. The fraction of sp³-hybridized carbons (Fsp3) is 0.125. The minimum Gasteiger partial charge on any atom is -0.454 e. The van der Waals surface area contributed by atoms with Gasteiger partial charge >= 0.3 is 5.97 Å². The lowest BCUT2D eigenvalue weighted by molar-refractivity contribution is -0.119. The second kappa shape index (κ2) is 7.80. The van der Waals surface area contributed by atoms with Crippen LogP contribution in [0.5, 0.6) is 11.5 Å². The number of esters is 1. The first-order valence-corrected chi connectivity index (χ1v) is 8.57. The molecule has 1 aliphatic heterocycles. The Hall–Kier alpha value is -1.86. The van der Waals surface area contributed by atoms with E-state index < -0.39 is 18.5 Å². The molecule has 0 bridgehead atoms. The van der Waals surface area contributed by atoms with Crippen LogP contribution >= 0.6 is 46.4 Å². The van der Waals surface area contributed by atoms with Crippen molar-refractivity contribution < 1.29 is 23.8 Å². The number of ether oxygens (including phenoxy) is 3. The fourth-order valence-electron chi connectivity index (χ4n) is 2.10. The van der Waals surface area contributed by atoms with Gasteiger partial charge in [-0.3, -0.25) is 4.79 Å². The zero-order valence-corrected chi connectivity index (χ0v) is 15.8. The molecular weight excluding hydrogens is 428 g/mol. The van der Waals surface area contributed by atoms with Crippen LogP contribution in [0.15, 0.2) is 24.3 Å². The molecular formula is C16H9Cl4NO5. The maximum atomic E-state index is 12.1. The Labute approximate surface area is 167 Å². The highest BCUT2D eigenvalue weighted by molar-refractivity contribution is 6.44. The Kier molecular flexibility index (Phi) is 5.67. The van der Waals surface area contributed by atoms with Crippen LogP contribution in [0.25, 0.3) is 0 Å². The Bertz CT molecular complexity index is 903. The highest BCUT2D eigenvalue weighted by Crippen LogP contribution is 2.40. The molecule has 1 heterocycles. The molecule has 26 heavy (non-hydrogen) atoms. The number of hydrogen-bond donors (Lipinski definition) is 1. The molecule has 6 nitrogen and oxygen atoms in total. The van der Waals surface area contributed by atoms with Gasteiger partial charge in [0.2, 0.25) is 6.79 Å². The van der Waals surface area contributed by atoms with Gasteiger partial charge in [-0.2, -0.15) is 0 Å². The first-order valence-electron chi connectivity index (χ1n) is 7.06. The van der Waals surface area contributed by atoms with Crippen molar-refractivity contribution in [3.63, 3.8) is 0 Å². The summed E-state index contributed by atoms with van der Waals surface area (Å²) in [5, 5.41) is 3.35. The molecule has 0 saturated carbocycles. The quantitative estimate of drug-likeness (QED) is 0.549. The van der Waals surface area contributed by atoms with Crippen molar-refractivity contribution in [2.75, 3.05) is 18.7 Å². The summed E-state index contributed by atoms with van der Waals surface area (Å²) in [4.78, 5) is 24.1. The van der Waals surface area contributed by atoms with Gasteiger partial charge in [0.15, 0.2) is 18.1 Å². The predicted molar refractivity (Wildman–Crippen MR) is 98.0 cm³/mol. The van der Waals surface area contributed by atoms with Gasteiger partial charge in [0.05, 0.1) is 31.3 Å². The maximum Gasteiger partial charge on any atom is 0.338 e. The largest absolute Gasteiger partial charge is 0.454 e. The number of benzene rings is 2. The van der Waals surface area contributed by atoms with Crippen molar-refractivity contribution in [3.05, 3.63) is 49.9 Å². The third-order valence-electron chi connectivity index (χ3n) is 3.28. The summed E-state index contributed by atoms with van der Waals surface area (Å²) < 4.78 is 15.3. The van der Waals surface area contributed by atoms with Crippen molar-refractivity contribution in [2.45, 2.75) is 0 Å². The number of amides is 1. The molecule has 1 amide bonds. The van der Waals surface area contributed by atoms with E-state index in [4.69, 9.17) is 60.6 Å². The van der Waals surface area contributed by atoms with E-state index in [1.165, 1.54) is 24.3 Å². The number of halogens is 4. The third kappa shape index (κ3) is 4.10. The molecule has 0 aromatic heterocycles. The molecule has 0 saturated heterocycles. The second-order valence-corrected chi connectivity index (χ2v) is 6.69. The lowest BCUT2D eigenvalue weighted by atomic mass is 10.2. The van der Waals surface area contributed by atoms with Gasteiger partial charge in [0, 0.05) is 0 Å². The number of carbonyl (C=O) groups excluding carboxylic acids is 2. The summed E-state index contributed by atoms with van der Waals surface area (Å²) in [6.07, 6.45) is 0. The van der Waals surface area contributed by atoms with Gasteiger partial charge in [-0.1, -0.05) is 46.4 Å². The molecule has 2 aromatic carbocycles. The van der Waals surface area contributed by atoms with E-state index in [2.05, 4.69) is 5.32 Å². The van der Waals surface area contributed by atoms with E-state index >= 15 is 0 Å². The van der Waals surface area contributed by atoms with E-state index in [1.54, 1.807) is 0 Å². The van der Waals surface area contributed by atoms with E-state index in [0.29, 0.717) is 11.5 Å². The van der Waals surface area contributed by atoms with Crippen molar-refractivity contribution in [1.29, 1.82) is 0 Å². The number of fused-ring (bicyclic) bond motifs is 1. The lowest BCUT2D eigenvalue weighted by Gasteiger charge is -2.10. The monoisotopic (exact) mass is 435 g/mol. The Balaban J connectivity index is 1.62. The number of anilines is 1. The minimum atomic E-state index is -0.749. The lowest BCUT2D eigenvalue weighted by Crippen LogP contribution is -2.21. The predicted octanol–water partition coefficient (Wildman–Crippen LogP) is 4.82. The molecule has 0 radical (unpaired) electrons. The van der Waals surface area contributed by atoms with Crippen molar-refractivity contribution in [1.82, 2.24) is 0 Å². The van der Waals surface area contributed by atoms with E-state index in [1.807, 2.05) is 0 Å². The van der Waals surface area contributed by atoms with Crippen LogP contribution in [0.1, 0.15) is 10.4 Å². The summed E-state index contributed by atoms with van der Waals surface area (Å²) in [5.41, 5.74) is 0.368. The van der Waals surface area contributed by atoms with Gasteiger partial charge in [0.1, 0.15) is 0 Å². The number of nitrogens with one attached hydrogen (secondary N) is 1. The molecule has 0 fully saturated rings. The number of rotatable bonds is 4. The summed E-state index contributed by atoms with van der Waals surface area (Å²) in [6, 6.07) is 5.57. The SMILES string of the molecule is O=C(COC(=O)c1cc(Cl)c2c(c1)OCO2)Nc1cc(Cl)c(Cl)cc1Cl. The number of hydrogen-bond acceptors (Lipinski definition) is 5. The summed E-state index contributed by atoms with van der Waals surface area (Å²) in [5.74, 6) is -0.669.